The van der Waals surface area contributed by atoms with Crippen LogP contribution >= 0.6 is 0 Å². The topological polar surface area (TPSA) is 58.2 Å². The summed E-state index contributed by atoms with van der Waals surface area (Å²) in [5.41, 5.74) is 1.15. The predicted octanol–water partition coefficient (Wildman–Crippen LogP) is 1.96. The van der Waals surface area contributed by atoms with E-state index in [0.717, 1.165) is 5.69 Å². The molecule has 0 aliphatic carbocycles. The van der Waals surface area contributed by atoms with E-state index in [1.165, 1.54) is 0 Å². The highest BCUT2D eigenvalue weighted by molar-refractivity contribution is 5.92. The number of hydrogen-bond acceptors (Lipinski definition) is 3. The van der Waals surface area contributed by atoms with Gasteiger partial charge in [-0.3, -0.25) is 9.89 Å². The van der Waals surface area contributed by atoms with Crippen molar-refractivity contribution in [1.29, 1.82) is 0 Å². The normalized spacial score (nSPS) is 19.5. The van der Waals surface area contributed by atoms with E-state index in [-0.39, 0.29) is 16.9 Å². The molecule has 0 bridgehead atoms. The summed E-state index contributed by atoms with van der Waals surface area (Å²) in [6.07, 6.45) is 0. The van der Waals surface area contributed by atoms with E-state index in [9.17, 15) is 4.79 Å². The van der Waals surface area contributed by atoms with Gasteiger partial charge >= 0.3 is 0 Å². The van der Waals surface area contributed by atoms with Crippen LogP contribution in [0.25, 0.3) is 0 Å². The molecule has 1 fully saturated rings. The molecule has 2 heterocycles. The fraction of sp³-hybridized carbons (Fsp3) is 0.714. The maximum atomic E-state index is 12.4. The molecule has 5 nitrogen and oxygen atoms in total. The van der Waals surface area contributed by atoms with Crippen LogP contribution in [0.3, 0.4) is 0 Å². The highest BCUT2D eigenvalue weighted by atomic mass is 16.5. The summed E-state index contributed by atoms with van der Waals surface area (Å²) in [5.74, 6) is -0.0249. The minimum absolute atomic E-state index is 0.0249. The van der Waals surface area contributed by atoms with E-state index in [1.807, 2.05) is 24.8 Å². The average molecular weight is 265 g/mol. The Bertz CT molecular complexity index is 471. The van der Waals surface area contributed by atoms with E-state index in [2.05, 4.69) is 31.0 Å². The van der Waals surface area contributed by atoms with Crippen LogP contribution < -0.4 is 0 Å². The van der Waals surface area contributed by atoms with E-state index in [0.29, 0.717) is 25.4 Å². The standard InChI is InChI=1S/C14H23N3O2/c1-13(2,3)11-8-10(15-16-11)12(18)17-6-7-19-14(4,5)9-17/h8H,6-7,9H2,1-5H3,(H,15,16). The number of ether oxygens (including phenoxy) is 1. The number of hydrogen-bond donors (Lipinski definition) is 1. The number of carbonyl (C=O) groups excluding carboxylic acids is 1. The lowest BCUT2D eigenvalue weighted by Crippen LogP contribution is -2.50. The zero-order valence-corrected chi connectivity index (χ0v) is 12.4. The lowest BCUT2D eigenvalue weighted by molar-refractivity contribution is -0.0765. The van der Waals surface area contributed by atoms with Crippen LogP contribution in [-0.4, -0.2) is 46.3 Å². The maximum absolute atomic E-state index is 12.4. The molecule has 1 aromatic heterocycles. The molecule has 1 N–H and O–H groups in total. The van der Waals surface area contributed by atoms with Gasteiger partial charge in [-0.25, -0.2) is 0 Å². The Kier molecular flexibility index (Phi) is 3.43. The fourth-order valence-corrected chi connectivity index (χ4v) is 2.17. The van der Waals surface area contributed by atoms with Gasteiger partial charge in [0.25, 0.3) is 5.91 Å². The summed E-state index contributed by atoms with van der Waals surface area (Å²) in [7, 11) is 0. The Labute approximate surface area is 114 Å². The van der Waals surface area contributed by atoms with Crippen LogP contribution in [-0.2, 0) is 10.2 Å². The Morgan fingerprint density at radius 3 is 2.68 bits per heavy atom. The summed E-state index contributed by atoms with van der Waals surface area (Å²) in [6, 6.07) is 1.85. The van der Waals surface area contributed by atoms with Crippen LogP contribution in [0.4, 0.5) is 0 Å². The second-order valence-electron chi connectivity index (χ2n) is 6.75. The molecule has 0 aromatic carbocycles. The molecule has 0 atom stereocenters. The highest BCUT2D eigenvalue weighted by Crippen LogP contribution is 2.22. The van der Waals surface area contributed by atoms with Gasteiger partial charge in [-0.2, -0.15) is 5.10 Å². The molecule has 106 valence electrons. The summed E-state index contributed by atoms with van der Waals surface area (Å²) in [4.78, 5) is 14.2. The van der Waals surface area contributed by atoms with Crippen molar-refractivity contribution < 1.29 is 9.53 Å². The maximum Gasteiger partial charge on any atom is 0.274 e. The number of morpholine rings is 1. The van der Waals surface area contributed by atoms with Gasteiger partial charge in [0.2, 0.25) is 0 Å². The number of amides is 1. The van der Waals surface area contributed by atoms with Gasteiger partial charge in [-0.1, -0.05) is 20.8 Å². The van der Waals surface area contributed by atoms with Crippen molar-refractivity contribution in [3.8, 4) is 0 Å². The van der Waals surface area contributed by atoms with Gasteiger partial charge in [-0.05, 0) is 19.9 Å². The van der Waals surface area contributed by atoms with Gasteiger partial charge in [0.1, 0.15) is 5.69 Å². The van der Waals surface area contributed by atoms with Crippen molar-refractivity contribution >= 4 is 5.91 Å². The van der Waals surface area contributed by atoms with Crippen LogP contribution in [0.1, 0.15) is 50.8 Å². The van der Waals surface area contributed by atoms with Gasteiger partial charge < -0.3 is 9.64 Å². The number of aromatic amines is 1. The summed E-state index contributed by atoms with van der Waals surface area (Å²) in [5, 5.41) is 7.11. The highest BCUT2D eigenvalue weighted by Gasteiger charge is 2.31. The molecule has 0 saturated carbocycles. The van der Waals surface area contributed by atoms with Crippen molar-refractivity contribution in [2.45, 2.75) is 45.6 Å². The molecular weight excluding hydrogens is 242 g/mol. The summed E-state index contributed by atoms with van der Waals surface area (Å²) in [6.45, 7) is 12.1. The van der Waals surface area contributed by atoms with Gasteiger partial charge in [0.05, 0.1) is 12.2 Å². The molecule has 0 spiro atoms. The quantitative estimate of drug-likeness (QED) is 0.844. The van der Waals surface area contributed by atoms with Crippen molar-refractivity contribution in [3.63, 3.8) is 0 Å². The first kappa shape index (κ1) is 14.1. The van der Waals surface area contributed by atoms with E-state index < -0.39 is 0 Å². The predicted molar refractivity (Wildman–Crippen MR) is 73.2 cm³/mol. The Hall–Kier alpha value is -1.36. The minimum atomic E-state index is -0.281. The van der Waals surface area contributed by atoms with E-state index in [1.54, 1.807) is 0 Å². The third-order valence-electron chi connectivity index (χ3n) is 3.32. The lowest BCUT2D eigenvalue weighted by Gasteiger charge is -2.37. The first-order chi connectivity index (χ1) is 8.69. The Morgan fingerprint density at radius 2 is 2.16 bits per heavy atom. The van der Waals surface area contributed by atoms with Gasteiger partial charge in [0, 0.05) is 24.2 Å². The fourth-order valence-electron chi connectivity index (χ4n) is 2.17. The van der Waals surface area contributed by atoms with Crippen molar-refractivity contribution in [3.05, 3.63) is 17.5 Å². The summed E-state index contributed by atoms with van der Waals surface area (Å²) < 4.78 is 5.62. The Balaban J connectivity index is 2.14. The molecule has 19 heavy (non-hydrogen) atoms. The smallest absolute Gasteiger partial charge is 0.274 e. The molecule has 5 heteroatoms. The van der Waals surface area contributed by atoms with Crippen LogP contribution in [0.15, 0.2) is 6.07 Å². The van der Waals surface area contributed by atoms with Crippen LogP contribution in [0.2, 0.25) is 0 Å². The molecule has 2 rings (SSSR count). The second kappa shape index (κ2) is 4.63. The van der Waals surface area contributed by atoms with E-state index in [4.69, 9.17) is 4.74 Å². The van der Waals surface area contributed by atoms with Crippen molar-refractivity contribution in [2.75, 3.05) is 19.7 Å². The molecule has 1 aromatic rings. The number of nitrogens with one attached hydrogen (secondary N) is 1. The molecule has 1 aliphatic heterocycles. The number of carbonyl (C=O) groups is 1. The third-order valence-corrected chi connectivity index (χ3v) is 3.32. The number of aromatic nitrogens is 2. The number of nitrogens with zero attached hydrogens (tertiary/aromatic N) is 2. The molecular formula is C14H23N3O2. The molecule has 0 radical (unpaired) electrons. The monoisotopic (exact) mass is 265 g/mol. The van der Waals surface area contributed by atoms with Crippen molar-refractivity contribution in [1.82, 2.24) is 15.1 Å². The molecule has 1 amide bonds. The zero-order chi connectivity index (χ0) is 14.3. The second-order valence-corrected chi connectivity index (χ2v) is 6.75. The van der Waals surface area contributed by atoms with Crippen LogP contribution in [0, 0.1) is 0 Å². The minimum Gasteiger partial charge on any atom is -0.372 e. The first-order valence-corrected chi connectivity index (χ1v) is 6.68. The molecule has 1 aliphatic rings. The number of rotatable bonds is 1. The third kappa shape index (κ3) is 3.15. The molecule has 1 saturated heterocycles. The average Bonchev–Trinajstić information content (AvgIpc) is 2.75. The van der Waals surface area contributed by atoms with Crippen molar-refractivity contribution in [2.24, 2.45) is 0 Å². The first-order valence-electron chi connectivity index (χ1n) is 6.68. The SMILES string of the molecule is CC1(C)CN(C(=O)c2cc(C(C)(C)C)[nH]n2)CCO1. The van der Waals surface area contributed by atoms with Gasteiger partial charge in [0.15, 0.2) is 0 Å². The van der Waals surface area contributed by atoms with Crippen LogP contribution in [0.5, 0.6) is 0 Å². The van der Waals surface area contributed by atoms with Gasteiger partial charge in [-0.15, -0.1) is 0 Å². The zero-order valence-electron chi connectivity index (χ0n) is 12.4. The molecule has 0 unspecified atom stereocenters. The summed E-state index contributed by atoms with van der Waals surface area (Å²) >= 11 is 0. The number of H-pyrrole nitrogens is 1. The lowest BCUT2D eigenvalue weighted by atomic mass is 9.92. The largest absolute Gasteiger partial charge is 0.372 e. The van der Waals surface area contributed by atoms with E-state index >= 15 is 0 Å². The Morgan fingerprint density at radius 1 is 1.47 bits per heavy atom.